The molecular weight excluding hydrogens is 352 g/mol. The van der Waals surface area contributed by atoms with E-state index >= 15 is 0 Å². The number of rotatable bonds is 3. The fourth-order valence-electron chi connectivity index (χ4n) is 3.97. The third-order valence-electron chi connectivity index (χ3n) is 5.78. The zero-order valence-electron chi connectivity index (χ0n) is 15.5. The Kier molecular flexibility index (Phi) is 4.84. The van der Waals surface area contributed by atoms with E-state index in [1.165, 1.54) is 6.20 Å². The summed E-state index contributed by atoms with van der Waals surface area (Å²) >= 11 is 0. The molecule has 0 bridgehead atoms. The molecule has 4 rings (SSSR count). The fraction of sp³-hybridized carbons (Fsp3) is 0.632. The molecule has 1 aliphatic heterocycles. The summed E-state index contributed by atoms with van der Waals surface area (Å²) in [5.41, 5.74) is 2.14. The van der Waals surface area contributed by atoms with Crippen molar-refractivity contribution in [3.05, 3.63) is 29.7 Å². The molecule has 1 amide bonds. The van der Waals surface area contributed by atoms with E-state index < -0.39 is 5.92 Å². The maximum Gasteiger partial charge on any atom is 0.254 e. The van der Waals surface area contributed by atoms with Crippen LogP contribution >= 0.6 is 0 Å². The average molecular weight is 377 g/mol. The molecule has 1 aliphatic carbocycles. The summed E-state index contributed by atoms with van der Waals surface area (Å²) in [4.78, 5) is 19.1. The summed E-state index contributed by atoms with van der Waals surface area (Å²) in [5, 5.41) is 7.48. The molecule has 0 spiro atoms. The van der Waals surface area contributed by atoms with Gasteiger partial charge in [-0.2, -0.15) is 5.10 Å². The van der Waals surface area contributed by atoms with Crippen molar-refractivity contribution in [1.82, 2.24) is 24.8 Å². The molecule has 146 valence electrons. The standard InChI is InChI=1S/C19H25F2N5O/c1-25-8-4-13(5-9-25)16-10-17-22-11-14(12-26(17)24-16)18(27)23-15-2-6-19(20,21)7-3-15/h10-13,15H,2-9H2,1H3,(H,23,27). The van der Waals surface area contributed by atoms with Gasteiger partial charge >= 0.3 is 0 Å². The van der Waals surface area contributed by atoms with Crippen molar-refractivity contribution >= 4 is 11.6 Å². The van der Waals surface area contributed by atoms with Gasteiger partial charge < -0.3 is 10.2 Å². The van der Waals surface area contributed by atoms with Crippen LogP contribution in [0.15, 0.2) is 18.5 Å². The minimum Gasteiger partial charge on any atom is -0.349 e. The van der Waals surface area contributed by atoms with Crippen LogP contribution in [0.1, 0.15) is 60.5 Å². The number of aromatic nitrogens is 3. The van der Waals surface area contributed by atoms with E-state index in [1.807, 2.05) is 6.07 Å². The molecule has 6 nitrogen and oxygen atoms in total. The van der Waals surface area contributed by atoms with Gasteiger partial charge in [-0.05, 0) is 45.8 Å². The van der Waals surface area contributed by atoms with E-state index in [-0.39, 0.29) is 24.8 Å². The molecule has 1 saturated heterocycles. The number of alkyl halides is 2. The smallest absolute Gasteiger partial charge is 0.254 e. The second-order valence-electron chi connectivity index (χ2n) is 7.90. The third-order valence-corrected chi connectivity index (χ3v) is 5.78. The lowest BCUT2D eigenvalue weighted by Crippen LogP contribution is -2.40. The molecule has 2 fully saturated rings. The van der Waals surface area contributed by atoms with E-state index in [2.05, 4.69) is 27.3 Å². The van der Waals surface area contributed by atoms with Crippen molar-refractivity contribution in [2.24, 2.45) is 0 Å². The van der Waals surface area contributed by atoms with Crippen LogP contribution in [0.4, 0.5) is 8.78 Å². The van der Waals surface area contributed by atoms with Crippen molar-refractivity contribution in [3.63, 3.8) is 0 Å². The Labute approximate surface area is 156 Å². The second-order valence-corrected chi connectivity index (χ2v) is 7.90. The lowest BCUT2D eigenvalue weighted by atomic mass is 9.92. The Bertz CT molecular complexity index is 819. The highest BCUT2D eigenvalue weighted by Gasteiger charge is 2.35. The van der Waals surface area contributed by atoms with Crippen LogP contribution in [0.25, 0.3) is 5.65 Å². The van der Waals surface area contributed by atoms with E-state index in [1.54, 1.807) is 10.7 Å². The number of carbonyl (C=O) groups excluding carboxylic acids is 1. The Morgan fingerprint density at radius 3 is 2.63 bits per heavy atom. The van der Waals surface area contributed by atoms with Crippen LogP contribution < -0.4 is 5.32 Å². The molecule has 0 aromatic carbocycles. The summed E-state index contributed by atoms with van der Waals surface area (Å²) in [6, 6.07) is 1.78. The maximum atomic E-state index is 13.3. The molecule has 2 aromatic heterocycles. The molecule has 2 aliphatic rings. The van der Waals surface area contributed by atoms with Gasteiger partial charge in [-0.1, -0.05) is 0 Å². The van der Waals surface area contributed by atoms with Crippen LogP contribution in [0.3, 0.4) is 0 Å². The van der Waals surface area contributed by atoms with Crippen molar-refractivity contribution < 1.29 is 13.6 Å². The van der Waals surface area contributed by atoms with Gasteiger partial charge in [0.15, 0.2) is 5.65 Å². The van der Waals surface area contributed by atoms with Gasteiger partial charge in [0.1, 0.15) is 0 Å². The maximum absolute atomic E-state index is 13.3. The number of halogens is 2. The summed E-state index contributed by atoms with van der Waals surface area (Å²) in [7, 11) is 2.12. The second kappa shape index (κ2) is 7.14. The number of amides is 1. The minimum atomic E-state index is -2.60. The van der Waals surface area contributed by atoms with Crippen LogP contribution in [-0.4, -0.2) is 57.5 Å². The van der Waals surface area contributed by atoms with E-state index in [0.717, 1.165) is 37.3 Å². The Morgan fingerprint density at radius 2 is 1.93 bits per heavy atom. The fourth-order valence-corrected chi connectivity index (χ4v) is 3.97. The van der Waals surface area contributed by atoms with Gasteiger partial charge in [0.2, 0.25) is 5.92 Å². The quantitative estimate of drug-likeness (QED) is 0.894. The number of fused-ring (bicyclic) bond motifs is 1. The van der Waals surface area contributed by atoms with E-state index in [9.17, 15) is 13.6 Å². The Balaban J connectivity index is 1.44. The van der Waals surface area contributed by atoms with Crippen molar-refractivity contribution in [2.45, 2.75) is 56.4 Å². The SMILES string of the molecule is CN1CCC(c2cc3ncc(C(=O)NC4CCC(F)(F)CC4)cn3n2)CC1. The Morgan fingerprint density at radius 1 is 1.22 bits per heavy atom. The van der Waals surface area contributed by atoms with E-state index in [0.29, 0.717) is 24.3 Å². The van der Waals surface area contributed by atoms with Crippen molar-refractivity contribution in [3.8, 4) is 0 Å². The van der Waals surface area contributed by atoms with Gasteiger partial charge in [0.05, 0.1) is 11.3 Å². The number of carbonyl (C=O) groups is 1. The monoisotopic (exact) mass is 377 g/mol. The average Bonchev–Trinajstić information content (AvgIpc) is 3.07. The predicted octanol–water partition coefficient (Wildman–Crippen LogP) is 2.85. The van der Waals surface area contributed by atoms with Crippen LogP contribution in [0, 0.1) is 0 Å². The molecule has 2 aromatic rings. The van der Waals surface area contributed by atoms with Gasteiger partial charge in [0.25, 0.3) is 5.91 Å². The van der Waals surface area contributed by atoms with Gasteiger partial charge in [-0.25, -0.2) is 18.3 Å². The lowest BCUT2D eigenvalue weighted by molar-refractivity contribution is -0.0399. The number of likely N-dealkylation sites (tertiary alicyclic amines) is 1. The molecule has 1 saturated carbocycles. The summed E-state index contributed by atoms with van der Waals surface area (Å²) in [6.45, 7) is 2.11. The molecule has 0 unspecified atom stereocenters. The van der Waals surface area contributed by atoms with Crippen molar-refractivity contribution in [1.29, 1.82) is 0 Å². The van der Waals surface area contributed by atoms with Crippen LogP contribution in [0.2, 0.25) is 0 Å². The summed E-state index contributed by atoms with van der Waals surface area (Å²) in [6.07, 6.45) is 5.60. The van der Waals surface area contributed by atoms with Crippen LogP contribution in [-0.2, 0) is 0 Å². The number of nitrogens with one attached hydrogen (secondary N) is 1. The van der Waals surface area contributed by atoms with Crippen molar-refractivity contribution in [2.75, 3.05) is 20.1 Å². The van der Waals surface area contributed by atoms with E-state index in [4.69, 9.17) is 0 Å². The zero-order chi connectivity index (χ0) is 19.0. The summed E-state index contributed by atoms with van der Waals surface area (Å²) < 4.78 is 28.2. The minimum absolute atomic E-state index is 0.172. The highest BCUT2D eigenvalue weighted by Crippen LogP contribution is 2.33. The third kappa shape index (κ3) is 4.10. The number of hydrogen-bond donors (Lipinski definition) is 1. The highest BCUT2D eigenvalue weighted by atomic mass is 19.3. The zero-order valence-corrected chi connectivity index (χ0v) is 15.5. The van der Waals surface area contributed by atoms with Gasteiger partial charge in [0, 0.05) is 43.3 Å². The lowest BCUT2D eigenvalue weighted by Gasteiger charge is -2.28. The Hall–Kier alpha value is -2.09. The van der Waals surface area contributed by atoms with Gasteiger partial charge in [-0.15, -0.1) is 0 Å². The highest BCUT2D eigenvalue weighted by molar-refractivity contribution is 5.94. The number of hydrogen-bond acceptors (Lipinski definition) is 4. The molecule has 3 heterocycles. The first-order valence-electron chi connectivity index (χ1n) is 9.62. The van der Waals surface area contributed by atoms with Gasteiger partial charge in [-0.3, -0.25) is 4.79 Å². The largest absolute Gasteiger partial charge is 0.349 e. The summed E-state index contributed by atoms with van der Waals surface area (Å²) in [5.74, 6) is -2.46. The molecule has 1 N–H and O–H groups in total. The first-order valence-corrected chi connectivity index (χ1v) is 9.62. The first-order chi connectivity index (χ1) is 12.9. The normalized spacial score (nSPS) is 22.2. The van der Waals surface area contributed by atoms with Crippen LogP contribution in [0.5, 0.6) is 0 Å². The first kappa shape index (κ1) is 18.3. The topological polar surface area (TPSA) is 62.5 Å². The molecule has 8 heteroatoms. The molecular formula is C19H25F2N5O. The molecule has 27 heavy (non-hydrogen) atoms. The number of nitrogens with zero attached hydrogens (tertiary/aromatic N) is 4. The molecule has 0 radical (unpaired) electrons. The molecule has 0 atom stereocenters. The number of piperidine rings is 1. The predicted molar refractivity (Wildman–Crippen MR) is 97.1 cm³/mol.